The van der Waals surface area contributed by atoms with Gasteiger partial charge in [-0.3, -0.25) is 4.79 Å². The number of Topliss-reactive ketones (excluding diaryl/α,β-unsaturated/α-hetero) is 1. The SMILES string of the molecule is C=C/C(=C\C(=C/C)OCC/C=C/C1CCC(=O)[C@@H]1C/C=C\CC)C(F)(F)F. The summed E-state index contributed by atoms with van der Waals surface area (Å²) < 4.78 is 43.7. The molecule has 1 rings (SSSR count). The molecule has 0 aromatic heterocycles. The van der Waals surface area contributed by atoms with E-state index in [2.05, 4.69) is 31.7 Å². The Kier molecular flexibility index (Phi) is 9.90. The van der Waals surface area contributed by atoms with Crippen molar-refractivity contribution in [3.8, 4) is 0 Å². The second kappa shape index (κ2) is 11.6. The Bertz CT molecular complexity index is 610. The van der Waals surface area contributed by atoms with Gasteiger partial charge in [0.2, 0.25) is 0 Å². The second-order valence-electron chi connectivity index (χ2n) is 6.45. The zero-order valence-electron chi connectivity index (χ0n) is 16.1. The Balaban J connectivity index is 2.52. The molecular formula is C22H29F3O2. The number of allylic oxidation sites excluding steroid dienone is 7. The minimum absolute atomic E-state index is 0.0425. The van der Waals surface area contributed by atoms with Gasteiger partial charge in [0, 0.05) is 12.3 Å². The number of carbonyl (C=O) groups is 1. The maximum atomic E-state index is 12.7. The van der Waals surface area contributed by atoms with Crippen molar-refractivity contribution in [2.75, 3.05) is 6.61 Å². The molecular weight excluding hydrogens is 353 g/mol. The van der Waals surface area contributed by atoms with Crippen molar-refractivity contribution < 1.29 is 22.7 Å². The lowest BCUT2D eigenvalue weighted by molar-refractivity contribution is -0.120. The molecule has 0 aromatic carbocycles. The highest BCUT2D eigenvalue weighted by Crippen LogP contribution is 2.33. The van der Waals surface area contributed by atoms with Gasteiger partial charge in [-0.25, -0.2) is 0 Å². The molecule has 1 fully saturated rings. The maximum absolute atomic E-state index is 12.7. The normalized spacial score (nSPS) is 22.2. The number of carbonyl (C=O) groups excluding carboxylic acids is 1. The molecule has 1 unspecified atom stereocenters. The van der Waals surface area contributed by atoms with Crippen LogP contribution in [0.4, 0.5) is 13.2 Å². The number of ketones is 1. The van der Waals surface area contributed by atoms with Gasteiger partial charge in [-0.05, 0) is 50.7 Å². The Morgan fingerprint density at radius 3 is 2.63 bits per heavy atom. The van der Waals surface area contributed by atoms with Crippen LogP contribution in [0.5, 0.6) is 0 Å². The number of rotatable bonds is 10. The molecule has 1 saturated carbocycles. The van der Waals surface area contributed by atoms with E-state index in [-0.39, 0.29) is 24.2 Å². The first-order valence-electron chi connectivity index (χ1n) is 9.38. The van der Waals surface area contributed by atoms with Gasteiger partial charge in [0.25, 0.3) is 0 Å². The van der Waals surface area contributed by atoms with Crippen LogP contribution < -0.4 is 0 Å². The summed E-state index contributed by atoms with van der Waals surface area (Å²) in [6.45, 7) is 7.15. The highest BCUT2D eigenvalue weighted by molar-refractivity contribution is 5.83. The van der Waals surface area contributed by atoms with E-state index >= 15 is 0 Å². The molecule has 1 aliphatic rings. The lowest BCUT2D eigenvalue weighted by Gasteiger charge is -2.13. The number of hydrogen-bond acceptors (Lipinski definition) is 2. The molecule has 1 aliphatic carbocycles. The molecule has 2 nitrogen and oxygen atoms in total. The van der Waals surface area contributed by atoms with Gasteiger partial charge >= 0.3 is 6.18 Å². The van der Waals surface area contributed by atoms with Crippen LogP contribution in [0.3, 0.4) is 0 Å². The van der Waals surface area contributed by atoms with E-state index in [1.54, 1.807) is 6.92 Å². The third kappa shape index (κ3) is 8.02. The van der Waals surface area contributed by atoms with Crippen LogP contribution in [0.25, 0.3) is 0 Å². The number of ether oxygens (including phenoxy) is 1. The van der Waals surface area contributed by atoms with Crippen LogP contribution in [0, 0.1) is 11.8 Å². The van der Waals surface area contributed by atoms with Gasteiger partial charge in [0.05, 0.1) is 12.2 Å². The summed E-state index contributed by atoms with van der Waals surface area (Å²) in [6, 6.07) is 0. The van der Waals surface area contributed by atoms with Gasteiger partial charge in [0.15, 0.2) is 0 Å². The third-order valence-corrected chi connectivity index (χ3v) is 4.51. The molecule has 150 valence electrons. The molecule has 0 bridgehead atoms. The predicted octanol–water partition coefficient (Wildman–Crippen LogP) is 6.48. The minimum atomic E-state index is -4.45. The average molecular weight is 382 g/mol. The highest BCUT2D eigenvalue weighted by Gasteiger charge is 2.32. The summed E-state index contributed by atoms with van der Waals surface area (Å²) in [4.78, 5) is 12.0. The standard InChI is InChI=1S/C22H29F3O2/c1-4-7-8-12-20-17(13-14-21(20)26)11-9-10-15-27-19(6-3)16-18(5-2)22(23,24)25/h5-9,11,16-17,20H,2,4,10,12-15H2,1,3H3/b8-7-,11-9+,18-16+,19-6+/t17?,20-/m1/s1. The minimum Gasteiger partial charge on any atom is -0.494 e. The Morgan fingerprint density at radius 2 is 2.04 bits per heavy atom. The summed E-state index contributed by atoms with van der Waals surface area (Å²) in [5.41, 5.74) is -0.835. The van der Waals surface area contributed by atoms with E-state index in [1.165, 1.54) is 6.08 Å². The van der Waals surface area contributed by atoms with E-state index in [4.69, 9.17) is 4.74 Å². The topological polar surface area (TPSA) is 26.3 Å². The van der Waals surface area contributed by atoms with Gasteiger partial charge in [-0.1, -0.05) is 43.9 Å². The number of alkyl halides is 3. The molecule has 0 amide bonds. The van der Waals surface area contributed by atoms with Crippen molar-refractivity contribution >= 4 is 5.78 Å². The van der Waals surface area contributed by atoms with Crippen molar-refractivity contribution in [1.29, 1.82) is 0 Å². The summed E-state index contributed by atoms with van der Waals surface area (Å²) in [5, 5.41) is 0. The van der Waals surface area contributed by atoms with Crippen molar-refractivity contribution in [2.24, 2.45) is 11.8 Å². The summed E-state index contributed by atoms with van der Waals surface area (Å²) >= 11 is 0. The van der Waals surface area contributed by atoms with Crippen molar-refractivity contribution in [2.45, 2.75) is 52.1 Å². The van der Waals surface area contributed by atoms with Crippen molar-refractivity contribution in [3.63, 3.8) is 0 Å². The largest absolute Gasteiger partial charge is 0.494 e. The van der Waals surface area contributed by atoms with Gasteiger partial charge < -0.3 is 4.74 Å². The molecule has 0 saturated heterocycles. The first-order chi connectivity index (χ1) is 12.8. The molecule has 2 atom stereocenters. The fourth-order valence-electron chi connectivity index (χ4n) is 3.01. The highest BCUT2D eigenvalue weighted by atomic mass is 19.4. The van der Waals surface area contributed by atoms with Crippen LogP contribution in [0.1, 0.15) is 46.0 Å². The van der Waals surface area contributed by atoms with Gasteiger partial charge in [0.1, 0.15) is 11.5 Å². The van der Waals surface area contributed by atoms with E-state index in [1.807, 2.05) is 6.08 Å². The molecule has 0 radical (unpaired) electrons. The van der Waals surface area contributed by atoms with Crippen molar-refractivity contribution in [3.05, 3.63) is 60.4 Å². The van der Waals surface area contributed by atoms with E-state index in [0.29, 0.717) is 18.6 Å². The lowest BCUT2D eigenvalue weighted by atomic mass is 9.91. The van der Waals surface area contributed by atoms with E-state index in [9.17, 15) is 18.0 Å². The first kappa shape index (κ1) is 23.0. The smallest absolute Gasteiger partial charge is 0.416 e. The molecule has 0 aliphatic heterocycles. The Hall–Kier alpha value is -2.04. The van der Waals surface area contributed by atoms with Crippen LogP contribution in [-0.4, -0.2) is 18.6 Å². The van der Waals surface area contributed by atoms with Crippen LogP contribution in [0.2, 0.25) is 0 Å². The second-order valence-corrected chi connectivity index (χ2v) is 6.45. The summed E-state index contributed by atoms with van der Waals surface area (Å²) in [7, 11) is 0. The maximum Gasteiger partial charge on any atom is 0.416 e. The Morgan fingerprint density at radius 1 is 1.30 bits per heavy atom. The van der Waals surface area contributed by atoms with E-state index < -0.39 is 11.7 Å². The molecule has 0 N–H and O–H groups in total. The predicted molar refractivity (Wildman–Crippen MR) is 103 cm³/mol. The lowest BCUT2D eigenvalue weighted by Crippen LogP contribution is -2.12. The molecule has 0 heterocycles. The zero-order valence-corrected chi connectivity index (χ0v) is 16.1. The molecule has 0 spiro atoms. The molecule has 0 aromatic rings. The summed E-state index contributed by atoms with van der Waals surface area (Å²) in [5.74, 6) is 0.750. The van der Waals surface area contributed by atoms with E-state index in [0.717, 1.165) is 31.4 Å². The third-order valence-electron chi connectivity index (χ3n) is 4.51. The first-order valence-corrected chi connectivity index (χ1v) is 9.38. The summed E-state index contributed by atoms with van der Waals surface area (Å²) in [6.07, 6.45) is 10.7. The monoisotopic (exact) mass is 382 g/mol. The fourth-order valence-corrected chi connectivity index (χ4v) is 3.01. The molecule has 5 heteroatoms. The number of hydrogen-bond donors (Lipinski definition) is 0. The van der Waals surface area contributed by atoms with Gasteiger partial charge in [-0.2, -0.15) is 13.2 Å². The quantitative estimate of drug-likeness (QED) is 0.187. The fraction of sp³-hybridized carbons (Fsp3) is 0.500. The van der Waals surface area contributed by atoms with Crippen LogP contribution >= 0.6 is 0 Å². The van der Waals surface area contributed by atoms with Crippen LogP contribution in [0.15, 0.2) is 60.4 Å². The zero-order chi connectivity index (χ0) is 20.3. The van der Waals surface area contributed by atoms with Crippen LogP contribution in [-0.2, 0) is 9.53 Å². The number of halogens is 3. The van der Waals surface area contributed by atoms with Gasteiger partial charge in [-0.15, -0.1) is 0 Å². The molecule has 27 heavy (non-hydrogen) atoms. The average Bonchev–Trinajstić information content (AvgIpc) is 2.96. The van der Waals surface area contributed by atoms with Crippen molar-refractivity contribution in [1.82, 2.24) is 0 Å². The Labute approximate surface area is 160 Å².